The van der Waals surface area contributed by atoms with Crippen LogP contribution >= 0.6 is 15.9 Å². The van der Waals surface area contributed by atoms with Gasteiger partial charge in [0.1, 0.15) is 5.82 Å². The van der Waals surface area contributed by atoms with Crippen molar-refractivity contribution >= 4 is 21.7 Å². The summed E-state index contributed by atoms with van der Waals surface area (Å²) < 4.78 is 1.07. The molecule has 0 aliphatic heterocycles. The van der Waals surface area contributed by atoms with Crippen molar-refractivity contribution in [2.24, 2.45) is 5.92 Å². The third-order valence-electron chi connectivity index (χ3n) is 2.29. The summed E-state index contributed by atoms with van der Waals surface area (Å²) in [6.45, 7) is 3.08. The average Bonchev–Trinajstić information content (AvgIpc) is 2.91. The van der Waals surface area contributed by atoms with Gasteiger partial charge in [-0.15, -0.1) is 0 Å². The predicted molar refractivity (Wildman–Crippen MR) is 57.9 cm³/mol. The van der Waals surface area contributed by atoms with Gasteiger partial charge in [-0.25, -0.2) is 4.98 Å². The van der Waals surface area contributed by atoms with E-state index in [1.54, 1.807) is 0 Å². The van der Waals surface area contributed by atoms with Crippen molar-refractivity contribution in [1.82, 2.24) is 4.98 Å². The smallest absolute Gasteiger partial charge is 0.126 e. The van der Waals surface area contributed by atoms with E-state index < -0.39 is 0 Å². The Morgan fingerprint density at radius 3 is 2.92 bits per heavy atom. The van der Waals surface area contributed by atoms with E-state index in [0.717, 1.165) is 28.4 Å². The quantitative estimate of drug-likeness (QED) is 0.879. The van der Waals surface area contributed by atoms with Gasteiger partial charge in [0.25, 0.3) is 0 Å². The van der Waals surface area contributed by atoms with E-state index in [0.29, 0.717) is 0 Å². The van der Waals surface area contributed by atoms with E-state index in [1.807, 2.05) is 19.1 Å². The lowest BCUT2D eigenvalue weighted by Gasteiger charge is -2.05. The van der Waals surface area contributed by atoms with Gasteiger partial charge in [0.15, 0.2) is 0 Å². The highest BCUT2D eigenvalue weighted by Gasteiger charge is 2.20. The van der Waals surface area contributed by atoms with Crippen molar-refractivity contribution < 1.29 is 0 Å². The standard InChI is InChI=1S/C10H13BrN2/c1-7-9(11)4-5-10(13-7)12-6-8-2-3-8/h4-5,8H,2-3,6H2,1H3,(H,12,13). The topological polar surface area (TPSA) is 24.9 Å². The number of aryl methyl sites for hydroxylation is 1. The Bertz CT molecular complexity index is 308. The zero-order valence-electron chi connectivity index (χ0n) is 7.68. The molecular weight excluding hydrogens is 228 g/mol. The average molecular weight is 241 g/mol. The first-order valence-electron chi connectivity index (χ1n) is 4.63. The third-order valence-corrected chi connectivity index (χ3v) is 3.13. The SMILES string of the molecule is Cc1nc(NCC2CC2)ccc1Br. The highest BCUT2D eigenvalue weighted by Crippen LogP contribution is 2.28. The second-order valence-electron chi connectivity index (χ2n) is 3.59. The van der Waals surface area contributed by atoms with Crippen LogP contribution in [0.25, 0.3) is 0 Å². The molecule has 1 fully saturated rings. The fraction of sp³-hybridized carbons (Fsp3) is 0.500. The molecule has 1 aliphatic carbocycles. The first-order valence-corrected chi connectivity index (χ1v) is 5.42. The van der Waals surface area contributed by atoms with Crippen LogP contribution in [0.3, 0.4) is 0 Å². The van der Waals surface area contributed by atoms with Crippen molar-refractivity contribution in [2.45, 2.75) is 19.8 Å². The molecule has 2 rings (SSSR count). The maximum Gasteiger partial charge on any atom is 0.126 e. The molecule has 3 heteroatoms. The van der Waals surface area contributed by atoms with Crippen LogP contribution in [-0.4, -0.2) is 11.5 Å². The lowest BCUT2D eigenvalue weighted by molar-refractivity contribution is 0.881. The molecule has 0 atom stereocenters. The monoisotopic (exact) mass is 240 g/mol. The molecule has 0 radical (unpaired) electrons. The van der Waals surface area contributed by atoms with Crippen LogP contribution in [0.1, 0.15) is 18.5 Å². The molecule has 1 N–H and O–H groups in total. The summed E-state index contributed by atoms with van der Waals surface area (Å²) in [4.78, 5) is 4.41. The number of rotatable bonds is 3. The van der Waals surface area contributed by atoms with Gasteiger partial charge in [-0.1, -0.05) is 0 Å². The van der Waals surface area contributed by atoms with Gasteiger partial charge in [0, 0.05) is 11.0 Å². The van der Waals surface area contributed by atoms with Crippen molar-refractivity contribution in [3.8, 4) is 0 Å². The van der Waals surface area contributed by atoms with Crippen LogP contribution in [0.2, 0.25) is 0 Å². The maximum atomic E-state index is 4.41. The van der Waals surface area contributed by atoms with Crippen molar-refractivity contribution in [3.63, 3.8) is 0 Å². The molecule has 0 bridgehead atoms. The highest BCUT2D eigenvalue weighted by molar-refractivity contribution is 9.10. The number of hydrogen-bond acceptors (Lipinski definition) is 2. The zero-order valence-corrected chi connectivity index (χ0v) is 9.26. The van der Waals surface area contributed by atoms with Crippen molar-refractivity contribution in [1.29, 1.82) is 0 Å². The Labute approximate surface area is 86.9 Å². The summed E-state index contributed by atoms with van der Waals surface area (Å²) in [7, 11) is 0. The molecule has 1 saturated carbocycles. The van der Waals surface area contributed by atoms with Gasteiger partial charge in [0.05, 0.1) is 5.69 Å². The second-order valence-corrected chi connectivity index (χ2v) is 4.44. The van der Waals surface area contributed by atoms with Crippen LogP contribution in [-0.2, 0) is 0 Å². The highest BCUT2D eigenvalue weighted by atomic mass is 79.9. The fourth-order valence-corrected chi connectivity index (χ4v) is 1.43. The summed E-state index contributed by atoms with van der Waals surface area (Å²) in [5, 5.41) is 3.34. The number of halogens is 1. The molecule has 1 aliphatic rings. The minimum atomic E-state index is 0.894. The summed E-state index contributed by atoms with van der Waals surface area (Å²) in [5.41, 5.74) is 1.04. The Balaban J connectivity index is 1.98. The Kier molecular flexibility index (Phi) is 2.54. The van der Waals surface area contributed by atoms with Crippen LogP contribution < -0.4 is 5.32 Å². The third kappa shape index (κ3) is 2.44. The summed E-state index contributed by atoms with van der Waals surface area (Å²) in [6, 6.07) is 4.05. The van der Waals surface area contributed by atoms with E-state index in [2.05, 4.69) is 26.2 Å². The Hall–Kier alpha value is -0.570. The minimum absolute atomic E-state index is 0.894. The minimum Gasteiger partial charge on any atom is -0.370 e. The zero-order chi connectivity index (χ0) is 9.26. The lowest BCUT2D eigenvalue weighted by Crippen LogP contribution is -2.05. The Morgan fingerprint density at radius 1 is 1.54 bits per heavy atom. The van der Waals surface area contributed by atoms with Gasteiger partial charge in [-0.2, -0.15) is 0 Å². The van der Waals surface area contributed by atoms with Gasteiger partial charge in [-0.05, 0) is 53.7 Å². The molecule has 1 aromatic rings. The Morgan fingerprint density at radius 2 is 2.31 bits per heavy atom. The van der Waals surface area contributed by atoms with E-state index in [9.17, 15) is 0 Å². The number of aromatic nitrogens is 1. The number of pyridine rings is 1. The normalized spacial score (nSPS) is 15.8. The molecule has 0 aromatic carbocycles. The molecule has 2 nitrogen and oxygen atoms in total. The van der Waals surface area contributed by atoms with E-state index >= 15 is 0 Å². The predicted octanol–water partition coefficient (Wildman–Crippen LogP) is 2.97. The molecule has 1 aromatic heterocycles. The second kappa shape index (κ2) is 3.66. The molecule has 0 spiro atoms. The molecule has 0 unspecified atom stereocenters. The molecule has 70 valence electrons. The molecule has 0 amide bonds. The van der Waals surface area contributed by atoms with Crippen LogP contribution in [0.5, 0.6) is 0 Å². The summed E-state index contributed by atoms with van der Waals surface area (Å²) >= 11 is 3.43. The van der Waals surface area contributed by atoms with Gasteiger partial charge in [-0.3, -0.25) is 0 Å². The van der Waals surface area contributed by atoms with E-state index in [4.69, 9.17) is 0 Å². The largest absolute Gasteiger partial charge is 0.370 e. The molecular formula is C10H13BrN2. The van der Waals surface area contributed by atoms with E-state index in [1.165, 1.54) is 12.8 Å². The molecule has 13 heavy (non-hydrogen) atoms. The van der Waals surface area contributed by atoms with Gasteiger partial charge < -0.3 is 5.32 Å². The lowest BCUT2D eigenvalue weighted by atomic mass is 10.3. The fourth-order valence-electron chi connectivity index (χ4n) is 1.21. The first kappa shape index (κ1) is 9.00. The van der Waals surface area contributed by atoms with Crippen molar-refractivity contribution in [3.05, 3.63) is 22.3 Å². The van der Waals surface area contributed by atoms with Gasteiger partial charge >= 0.3 is 0 Å². The molecule has 0 saturated heterocycles. The van der Waals surface area contributed by atoms with Crippen LogP contribution in [0.4, 0.5) is 5.82 Å². The number of nitrogens with one attached hydrogen (secondary N) is 1. The summed E-state index contributed by atoms with van der Waals surface area (Å²) in [5.74, 6) is 1.89. The number of anilines is 1. The number of hydrogen-bond donors (Lipinski definition) is 1. The van der Waals surface area contributed by atoms with Crippen molar-refractivity contribution in [2.75, 3.05) is 11.9 Å². The summed E-state index contributed by atoms with van der Waals surface area (Å²) in [6.07, 6.45) is 2.75. The van der Waals surface area contributed by atoms with Crippen LogP contribution in [0, 0.1) is 12.8 Å². The first-order chi connectivity index (χ1) is 6.25. The van der Waals surface area contributed by atoms with Crippen LogP contribution in [0.15, 0.2) is 16.6 Å². The molecule has 1 heterocycles. The van der Waals surface area contributed by atoms with Gasteiger partial charge in [0.2, 0.25) is 0 Å². The van der Waals surface area contributed by atoms with E-state index in [-0.39, 0.29) is 0 Å². The number of nitrogens with zero attached hydrogens (tertiary/aromatic N) is 1. The maximum absolute atomic E-state index is 4.41.